The van der Waals surface area contributed by atoms with Crippen LogP contribution >= 0.6 is 24.0 Å². The lowest BCUT2D eigenvalue weighted by Crippen LogP contribution is -2.49. The maximum absolute atomic E-state index is 11.6. The SMILES string of the molecule is CN=C(NCc1ccc(N2CCNC(=O)C2)cc1)NCC(C(C)C)N1CCCCCC1.I. The first kappa shape index (κ1) is 26.7. The van der Waals surface area contributed by atoms with Gasteiger partial charge in [-0.3, -0.25) is 14.7 Å². The number of carbonyl (C=O) groups excluding carboxylic acids is 1. The fourth-order valence-corrected chi connectivity index (χ4v) is 4.50. The Morgan fingerprint density at radius 3 is 2.34 bits per heavy atom. The fourth-order valence-electron chi connectivity index (χ4n) is 4.50. The Morgan fingerprint density at radius 1 is 1.06 bits per heavy atom. The molecular weight excluding hydrogens is 515 g/mol. The zero-order valence-electron chi connectivity index (χ0n) is 19.9. The molecule has 1 aromatic carbocycles. The van der Waals surface area contributed by atoms with Crippen LogP contribution in [0.4, 0.5) is 5.69 Å². The second-order valence-electron chi connectivity index (χ2n) is 9.01. The second kappa shape index (κ2) is 13.9. The molecule has 7 nitrogen and oxygen atoms in total. The average Bonchev–Trinajstić information content (AvgIpc) is 3.05. The van der Waals surface area contributed by atoms with E-state index in [9.17, 15) is 4.79 Å². The van der Waals surface area contributed by atoms with Gasteiger partial charge in [-0.05, 0) is 49.5 Å². The lowest BCUT2D eigenvalue weighted by molar-refractivity contribution is -0.120. The van der Waals surface area contributed by atoms with Crippen molar-refractivity contribution in [3.05, 3.63) is 29.8 Å². The average molecular weight is 557 g/mol. The van der Waals surface area contributed by atoms with Gasteiger partial charge in [0.25, 0.3) is 0 Å². The molecule has 3 N–H and O–H groups in total. The van der Waals surface area contributed by atoms with E-state index in [0.717, 1.165) is 31.3 Å². The van der Waals surface area contributed by atoms with E-state index in [-0.39, 0.29) is 29.9 Å². The summed E-state index contributed by atoms with van der Waals surface area (Å²) in [5.74, 6) is 1.54. The van der Waals surface area contributed by atoms with Gasteiger partial charge >= 0.3 is 0 Å². The largest absolute Gasteiger partial charge is 0.360 e. The lowest BCUT2D eigenvalue weighted by atomic mass is 10.0. The van der Waals surface area contributed by atoms with Gasteiger partial charge in [0.2, 0.25) is 5.91 Å². The predicted molar refractivity (Wildman–Crippen MR) is 144 cm³/mol. The van der Waals surface area contributed by atoms with Gasteiger partial charge in [0.1, 0.15) is 0 Å². The van der Waals surface area contributed by atoms with Crippen LogP contribution in [-0.4, -0.2) is 69.1 Å². The number of halogens is 1. The monoisotopic (exact) mass is 556 g/mol. The smallest absolute Gasteiger partial charge is 0.239 e. The number of amides is 1. The zero-order valence-corrected chi connectivity index (χ0v) is 22.2. The highest BCUT2D eigenvalue weighted by Crippen LogP contribution is 2.18. The van der Waals surface area contributed by atoms with Crippen LogP contribution in [0.1, 0.15) is 45.1 Å². The Labute approximate surface area is 210 Å². The first-order chi connectivity index (χ1) is 15.1. The normalized spacial score (nSPS) is 19.1. The van der Waals surface area contributed by atoms with Gasteiger partial charge in [-0.15, -0.1) is 24.0 Å². The molecule has 3 rings (SSSR count). The minimum Gasteiger partial charge on any atom is -0.360 e. The molecular formula is C24H41IN6O. The van der Waals surface area contributed by atoms with Crippen molar-refractivity contribution in [3.8, 4) is 0 Å². The van der Waals surface area contributed by atoms with Crippen molar-refractivity contribution in [1.82, 2.24) is 20.9 Å². The highest BCUT2D eigenvalue weighted by atomic mass is 127. The van der Waals surface area contributed by atoms with Crippen LogP contribution in [0.2, 0.25) is 0 Å². The molecule has 1 unspecified atom stereocenters. The highest BCUT2D eigenvalue weighted by Gasteiger charge is 2.23. The van der Waals surface area contributed by atoms with Crippen molar-refractivity contribution >= 4 is 41.5 Å². The minimum atomic E-state index is 0. The van der Waals surface area contributed by atoms with Gasteiger partial charge in [-0.2, -0.15) is 0 Å². The van der Waals surface area contributed by atoms with Gasteiger partial charge < -0.3 is 20.9 Å². The Bertz CT molecular complexity index is 716. The highest BCUT2D eigenvalue weighted by molar-refractivity contribution is 14.0. The number of rotatable bonds is 7. The Morgan fingerprint density at radius 2 is 1.75 bits per heavy atom. The van der Waals surface area contributed by atoms with Crippen LogP contribution < -0.4 is 20.9 Å². The number of nitrogens with zero attached hydrogens (tertiary/aromatic N) is 3. The Hall–Kier alpha value is -1.55. The summed E-state index contributed by atoms with van der Waals surface area (Å²) >= 11 is 0. The number of carbonyl (C=O) groups is 1. The van der Waals surface area contributed by atoms with E-state index in [1.165, 1.54) is 44.3 Å². The molecule has 0 saturated carbocycles. The number of guanidine groups is 1. The van der Waals surface area contributed by atoms with Crippen LogP contribution in [0, 0.1) is 5.92 Å². The van der Waals surface area contributed by atoms with Crippen molar-refractivity contribution in [2.75, 3.05) is 51.2 Å². The molecule has 2 heterocycles. The molecule has 8 heteroatoms. The summed E-state index contributed by atoms with van der Waals surface area (Å²) in [4.78, 5) is 20.8. The van der Waals surface area contributed by atoms with Crippen LogP contribution in [0.25, 0.3) is 0 Å². The van der Waals surface area contributed by atoms with E-state index in [4.69, 9.17) is 0 Å². The van der Waals surface area contributed by atoms with Crippen LogP contribution in [0.15, 0.2) is 29.3 Å². The minimum absolute atomic E-state index is 0. The standard InChI is InChI=1S/C24H40N6O.HI/c1-19(2)22(29-13-6-4-5-7-14-29)17-28-24(25-3)27-16-20-8-10-21(11-9-20)30-15-12-26-23(31)18-30;/h8-11,19,22H,4-7,12-18H2,1-3H3,(H,26,31)(H2,25,27,28);1H. The predicted octanol–water partition coefficient (Wildman–Crippen LogP) is 2.81. The van der Waals surface area contributed by atoms with Gasteiger partial charge in [-0.25, -0.2) is 0 Å². The fraction of sp³-hybridized carbons (Fsp3) is 0.667. The zero-order chi connectivity index (χ0) is 22.1. The summed E-state index contributed by atoms with van der Waals surface area (Å²) in [6, 6.07) is 8.96. The van der Waals surface area contributed by atoms with Crippen molar-refractivity contribution in [1.29, 1.82) is 0 Å². The molecule has 180 valence electrons. The van der Waals surface area contributed by atoms with E-state index in [1.54, 1.807) is 0 Å². The lowest BCUT2D eigenvalue weighted by Gasteiger charge is -2.34. The summed E-state index contributed by atoms with van der Waals surface area (Å²) < 4.78 is 0. The van der Waals surface area contributed by atoms with E-state index < -0.39 is 0 Å². The van der Waals surface area contributed by atoms with E-state index in [0.29, 0.717) is 25.0 Å². The number of benzene rings is 1. The molecule has 2 fully saturated rings. The molecule has 0 aromatic heterocycles. The van der Waals surface area contributed by atoms with Gasteiger partial charge in [0.15, 0.2) is 5.96 Å². The molecule has 2 aliphatic rings. The van der Waals surface area contributed by atoms with E-state index >= 15 is 0 Å². The third-order valence-electron chi connectivity index (χ3n) is 6.38. The van der Waals surface area contributed by atoms with Gasteiger partial charge in [-0.1, -0.05) is 38.8 Å². The molecule has 32 heavy (non-hydrogen) atoms. The number of piperazine rings is 1. The topological polar surface area (TPSA) is 72.0 Å². The molecule has 1 amide bonds. The number of hydrogen-bond donors (Lipinski definition) is 3. The molecule has 1 aromatic rings. The summed E-state index contributed by atoms with van der Waals surface area (Å²) in [6.07, 6.45) is 5.35. The van der Waals surface area contributed by atoms with Crippen LogP contribution in [-0.2, 0) is 11.3 Å². The van der Waals surface area contributed by atoms with Crippen molar-refractivity contribution < 1.29 is 4.79 Å². The molecule has 2 aliphatic heterocycles. The molecule has 0 spiro atoms. The van der Waals surface area contributed by atoms with Gasteiger partial charge in [0.05, 0.1) is 6.54 Å². The van der Waals surface area contributed by atoms with E-state index in [1.807, 2.05) is 7.05 Å². The van der Waals surface area contributed by atoms with Crippen LogP contribution in [0.5, 0.6) is 0 Å². The van der Waals surface area contributed by atoms with Crippen molar-refractivity contribution in [3.63, 3.8) is 0 Å². The maximum atomic E-state index is 11.6. The Kier molecular flexibility index (Phi) is 11.6. The molecule has 2 saturated heterocycles. The quantitative estimate of drug-likeness (QED) is 0.274. The summed E-state index contributed by atoms with van der Waals surface area (Å²) in [6.45, 7) is 10.7. The number of nitrogens with one attached hydrogen (secondary N) is 3. The second-order valence-corrected chi connectivity index (χ2v) is 9.01. The first-order valence-corrected chi connectivity index (χ1v) is 11.9. The van der Waals surface area contributed by atoms with Crippen LogP contribution in [0.3, 0.4) is 0 Å². The number of likely N-dealkylation sites (tertiary alicyclic amines) is 1. The molecule has 0 aliphatic carbocycles. The van der Waals surface area contributed by atoms with Crippen molar-refractivity contribution in [2.45, 2.75) is 52.1 Å². The maximum Gasteiger partial charge on any atom is 0.239 e. The number of aliphatic imine (C=N–C) groups is 1. The summed E-state index contributed by atoms with van der Waals surface area (Å²) in [5, 5.41) is 9.86. The molecule has 0 bridgehead atoms. The third kappa shape index (κ3) is 8.10. The number of anilines is 1. The molecule has 0 radical (unpaired) electrons. The Balaban J connectivity index is 0.00000363. The summed E-state index contributed by atoms with van der Waals surface area (Å²) in [7, 11) is 1.83. The third-order valence-corrected chi connectivity index (χ3v) is 6.38. The van der Waals surface area contributed by atoms with Gasteiger partial charge in [0, 0.05) is 45.0 Å². The summed E-state index contributed by atoms with van der Waals surface area (Å²) in [5.41, 5.74) is 2.29. The first-order valence-electron chi connectivity index (χ1n) is 11.9. The molecule has 1 atom stereocenters. The number of hydrogen-bond acceptors (Lipinski definition) is 4. The van der Waals surface area contributed by atoms with E-state index in [2.05, 4.69) is 68.9 Å². The van der Waals surface area contributed by atoms with Crippen molar-refractivity contribution in [2.24, 2.45) is 10.9 Å².